The van der Waals surface area contributed by atoms with E-state index >= 15 is 0 Å². The predicted octanol–water partition coefficient (Wildman–Crippen LogP) is 5.10. The maximum absolute atomic E-state index is 5.90. The monoisotopic (exact) mass is 290 g/mol. The number of nitrogens with zero attached hydrogens (tertiary/aromatic N) is 1. The first-order valence-electron chi connectivity index (χ1n) is 5.71. The fourth-order valence-electron chi connectivity index (χ4n) is 1.44. The zero-order chi connectivity index (χ0) is 13.5. The average molecular weight is 291 g/mol. The fourth-order valence-corrected chi connectivity index (χ4v) is 1.74. The summed E-state index contributed by atoms with van der Waals surface area (Å²) in [5.41, 5.74) is 4.79. The van der Waals surface area contributed by atoms with Crippen molar-refractivity contribution in [3.63, 3.8) is 0 Å². The third-order valence-electron chi connectivity index (χ3n) is 2.36. The Hall–Kier alpha value is -1.77. The Labute approximate surface area is 122 Å². The first-order chi connectivity index (χ1) is 9.25. The zero-order valence-electron chi connectivity index (χ0n) is 10.1. The van der Waals surface area contributed by atoms with Gasteiger partial charge in [-0.25, -0.2) is 0 Å². The van der Waals surface area contributed by atoms with Crippen molar-refractivity contribution in [3.8, 4) is 0 Å². The maximum atomic E-state index is 5.90. The van der Waals surface area contributed by atoms with E-state index in [0.29, 0.717) is 10.0 Å². The van der Waals surface area contributed by atoms with Crippen molar-refractivity contribution < 1.29 is 0 Å². The second-order valence-electron chi connectivity index (χ2n) is 3.79. The summed E-state index contributed by atoms with van der Waals surface area (Å²) in [5.74, 6) is 0. The van der Waals surface area contributed by atoms with Crippen LogP contribution >= 0.6 is 23.2 Å². The van der Waals surface area contributed by atoms with E-state index in [-0.39, 0.29) is 0 Å². The molecule has 2 rings (SSSR count). The summed E-state index contributed by atoms with van der Waals surface area (Å²) in [5, 5.41) is 5.09. The van der Waals surface area contributed by atoms with Gasteiger partial charge in [-0.1, -0.05) is 59.6 Å². The summed E-state index contributed by atoms with van der Waals surface area (Å²) in [6, 6.07) is 15.3. The van der Waals surface area contributed by atoms with E-state index in [4.69, 9.17) is 23.2 Å². The number of halogens is 2. The Bertz CT molecular complexity index is 592. The fraction of sp³-hybridized carbons (Fsp3) is 0. The van der Waals surface area contributed by atoms with E-state index in [1.54, 1.807) is 18.3 Å². The van der Waals surface area contributed by atoms with Gasteiger partial charge in [-0.2, -0.15) is 5.10 Å². The molecule has 0 aliphatic rings. The van der Waals surface area contributed by atoms with Crippen molar-refractivity contribution in [1.82, 2.24) is 0 Å². The number of hydrazone groups is 1. The quantitative estimate of drug-likeness (QED) is 0.614. The lowest BCUT2D eigenvalue weighted by atomic mass is 10.2. The SMILES string of the molecule is Clc1ccc(N/N=C\C=C\c2ccccc2)cc1Cl. The molecule has 1 N–H and O–H groups in total. The molecule has 96 valence electrons. The summed E-state index contributed by atoms with van der Waals surface area (Å²) in [7, 11) is 0. The highest BCUT2D eigenvalue weighted by atomic mass is 35.5. The van der Waals surface area contributed by atoms with Crippen LogP contribution in [-0.4, -0.2) is 6.21 Å². The molecule has 0 aromatic heterocycles. The van der Waals surface area contributed by atoms with E-state index in [1.165, 1.54) is 0 Å². The molecule has 0 amide bonds. The molecule has 2 nitrogen and oxygen atoms in total. The molecule has 0 spiro atoms. The number of allylic oxidation sites excluding steroid dienone is 1. The van der Waals surface area contributed by atoms with Crippen LogP contribution in [0.25, 0.3) is 6.08 Å². The number of benzene rings is 2. The van der Waals surface area contributed by atoms with Crippen LogP contribution in [-0.2, 0) is 0 Å². The second kappa shape index (κ2) is 6.98. The molecule has 0 unspecified atom stereocenters. The van der Waals surface area contributed by atoms with Crippen LogP contribution < -0.4 is 5.43 Å². The minimum absolute atomic E-state index is 0.502. The maximum Gasteiger partial charge on any atom is 0.0613 e. The van der Waals surface area contributed by atoms with Crippen LogP contribution in [0.2, 0.25) is 10.0 Å². The van der Waals surface area contributed by atoms with Crippen molar-refractivity contribution in [2.75, 3.05) is 5.43 Å². The van der Waals surface area contributed by atoms with Crippen molar-refractivity contribution in [2.24, 2.45) is 5.10 Å². The van der Waals surface area contributed by atoms with Gasteiger partial charge in [0.05, 0.1) is 15.7 Å². The molecule has 2 aromatic rings. The summed E-state index contributed by atoms with van der Waals surface area (Å²) < 4.78 is 0. The van der Waals surface area contributed by atoms with Gasteiger partial charge in [-0.15, -0.1) is 0 Å². The van der Waals surface area contributed by atoms with E-state index < -0.39 is 0 Å². The first kappa shape index (κ1) is 13.7. The third-order valence-corrected chi connectivity index (χ3v) is 3.10. The molecule has 0 saturated heterocycles. The Morgan fingerprint density at radius 3 is 2.47 bits per heavy atom. The molecule has 0 fully saturated rings. The standard InChI is InChI=1S/C15H12Cl2N2/c16-14-9-8-13(11-15(14)17)19-18-10-4-7-12-5-2-1-3-6-12/h1-11,19H/b7-4+,18-10-. The molecule has 0 atom stereocenters. The summed E-state index contributed by atoms with van der Waals surface area (Å²) in [6.07, 6.45) is 5.51. The van der Waals surface area contributed by atoms with Gasteiger partial charge in [0.25, 0.3) is 0 Å². The highest BCUT2D eigenvalue weighted by Gasteiger charge is 1.97. The van der Waals surface area contributed by atoms with E-state index in [1.807, 2.05) is 48.6 Å². The van der Waals surface area contributed by atoms with Gasteiger partial charge in [0.15, 0.2) is 0 Å². The van der Waals surface area contributed by atoms with Crippen LogP contribution in [0.5, 0.6) is 0 Å². The van der Waals surface area contributed by atoms with Gasteiger partial charge in [0, 0.05) is 6.21 Å². The van der Waals surface area contributed by atoms with Crippen LogP contribution in [0.1, 0.15) is 5.56 Å². The molecule has 0 radical (unpaired) electrons. The molecular formula is C15H12Cl2N2. The van der Waals surface area contributed by atoms with Gasteiger partial charge < -0.3 is 0 Å². The minimum Gasteiger partial charge on any atom is -0.278 e. The topological polar surface area (TPSA) is 24.4 Å². The summed E-state index contributed by atoms with van der Waals surface area (Å²) in [4.78, 5) is 0. The lowest BCUT2D eigenvalue weighted by Crippen LogP contribution is -1.87. The Morgan fingerprint density at radius 2 is 1.74 bits per heavy atom. The summed E-state index contributed by atoms with van der Waals surface area (Å²) in [6.45, 7) is 0. The van der Waals surface area contributed by atoms with Crippen LogP contribution in [0.3, 0.4) is 0 Å². The molecule has 19 heavy (non-hydrogen) atoms. The summed E-state index contributed by atoms with van der Waals surface area (Å²) >= 11 is 11.7. The lowest BCUT2D eigenvalue weighted by Gasteiger charge is -2.00. The highest BCUT2D eigenvalue weighted by molar-refractivity contribution is 6.42. The smallest absolute Gasteiger partial charge is 0.0613 e. The third kappa shape index (κ3) is 4.43. The number of anilines is 1. The van der Waals surface area contributed by atoms with Crippen LogP contribution in [0.4, 0.5) is 5.69 Å². The van der Waals surface area contributed by atoms with Gasteiger partial charge in [-0.3, -0.25) is 5.43 Å². The zero-order valence-corrected chi connectivity index (χ0v) is 11.6. The Balaban J connectivity index is 1.90. The van der Waals surface area contributed by atoms with Crippen molar-refractivity contribution in [2.45, 2.75) is 0 Å². The molecular weight excluding hydrogens is 279 g/mol. The van der Waals surface area contributed by atoms with Crippen LogP contribution in [0, 0.1) is 0 Å². The number of hydrogen-bond donors (Lipinski definition) is 1. The highest BCUT2D eigenvalue weighted by Crippen LogP contribution is 2.24. The second-order valence-corrected chi connectivity index (χ2v) is 4.60. The van der Waals surface area contributed by atoms with E-state index in [2.05, 4.69) is 10.5 Å². The molecule has 2 aromatic carbocycles. The van der Waals surface area contributed by atoms with E-state index in [9.17, 15) is 0 Å². The van der Waals surface area contributed by atoms with Gasteiger partial charge in [-0.05, 0) is 29.8 Å². The molecule has 0 heterocycles. The molecule has 0 bridgehead atoms. The Morgan fingerprint density at radius 1 is 0.947 bits per heavy atom. The van der Waals surface area contributed by atoms with Crippen molar-refractivity contribution in [1.29, 1.82) is 0 Å². The lowest BCUT2D eigenvalue weighted by molar-refractivity contribution is 1.36. The van der Waals surface area contributed by atoms with Gasteiger partial charge in [0.1, 0.15) is 0 Å². The average Bonchev–Trinajstić information content (AvgIpc) is 2.43. The van der Waals surface area contributed by atoms with Gasteiger partial charge in [0.2, 0.25) is 0 Å². The van der Waals surface area contributed by atoms with Crippen molar-refractivity contribution in [3.05, 3.63) is 70.2 Å². The molecule has 0 aliphatic carbocycles. The number of hydrogen-bond acceptors (Lipinski definition) is 2. The minimum atomic E-state index is 0.502. The van der Waals surface area contributed by atoms with Gasteiger partial charge >= 0.3 is 0 Å². The molecule has 0 aliphatic heterocycles. The first-order valence-corrected chi connectivity index (χ1v) is 6.47. The normalized spacial score (nSPS) is 11.3. The number of nitrogens with one attached hydrogen (secondary N) is 1. The van der Waals surface area contributed by atoms with E-state index in [0.717, 1.165) is 11.3 Å². The van der Waals surface area contributed by atoms with Crippen molar-refractivity contribution >= 4 is 41.2 Å². The molecule has 0 saturated carbocycles. The van der Waals surface area contributed by atoms with Crippen LogP contribution in [0.15, 0.2) is 59.7 Å². The predicted molar refractivity (Wildman–Crippen MR) is 84.1 cm³/mol. The Kier molecular flexibility index (Phi) is 5.01. The number of rotatable bonds is 4. The molecule has 4 heteroatoms. The largest absolute Gasteiger partial charge is 0.278 e.